The average Bonchev–Trinajstić information content (AvgIpc) is 2.36. The Morgan fingerprint density at radius 1 is 1.32 bits per heavy atom. The van der Waals surface area contributed by atoms with Gasteiger partial charge in [-0.1, -0.05) is 46.0 Å². The first kappa shape index (κ1) is 17.0. The molecule has 1 aliphatic carbocycles. The Kier molecular flexibility index (Phi) is 7.38. The molecule has 0 saturated heterocycles. The van der Waals surface area contributed by atoms with Crippen molar-refractivity contribution < 1.29 is 0 Å². The number of nitrogens with one attached hydrogen (secondary N) is 1. The third-order valence-corrected chi connectivity index (χ3v) is 5.04. The molecule has 3 unspecified atom stereocenters. The van der Waals surface area contributed by atoms with Crippen molar-refractivity contribution in [2.45, 2.75) is 83.7 Å². The lowest BCUT2D eigenvalue weighted by Crippen LogP contribution is -2.55. The van der Waals surface area contributed by atoms with Crippen LogP contribution in [0.3, 0.4) is 0 Å². The van der Waals surface area contributed by atoms with Crippen molar-refractivity contribution in [1.29, 1.82) is 0 Å². The van der Waals surface area contributed by atoms with Gasteiger partial charge in [0.15, 0.2) is 0 Å². The number of hydrogen-bond acceptors (Lipinski definition) is 2. The fourth-order valence-corrected chi connectivity index (χ4v) is 3.52. The van der Waals surface area contributed by atoms with Gasteiger partial charge in [-0.05, 0) is 46.2 Å². The van der Waals surface area contributed by atoms with Crippen LogP contribution in [0.5, 0.6) is 0 Å². The van der Waals surface area contributed by atoms with Crippen molar-refractivity contribution in [1.82, 2.24) is 10.2 Å². The van der Waals surface area contributed by atoms with Gasteiger partial charge in [0, 0.05) is 18.1 Å². The molecule has 1 saturated carbocycles. The van der Waals surface area contributed by atoms with E-state index in [-0.39, 0.29) is 0 Å². The molecule has 1 rings (SSSR count). The topological polar surface area (TPSA) is 15.3 Å². The van der Waals surface area contributed by atoms with Gasteiger partial charge in [-0.2, -0.15) is 0 Å². The maximum absolute atomic E-state index is 3.81. The Balaban J connectivity index is 2.41. The van der Waals surface area contributed by atoms with E-state index in [2.05, 4.69) is 45.1 Å². The van der Waals surface area contributed by atoms with Crippen LogP contribution in [-0.2, 0) is 0 Å². The minimum atomic E-state index is 0.399. The Hall–Kier alpha value is -0.0800. The van der Waals surface area contributed by atoms with Crippen LogP contribution in [0.25, 0.3) is 0 Å². The van der Waals surface area contributed by atoms with Crippen LogP contribution in [0.15, 0.2) is 0 Å². The average molecular weight is 268 g/mol. The van der Waals surface area contributed by atoms with E-state index in [1.165, 1.54) is 51.4 Å². The molecule has 2 nitrogen and oxygen atoms in total. The van der Waals surface area contributed by atoms with Crippen molar-refractivity contribution in [3.05, 3.63) is 0 Å². The van der Waals surface area contributed by atoms with Crippen molar-refractivity contribution >= 4 is 0 Å². The molecule has 1 aliphatic rings. The fourth-order valence-electron chi connectivity index (χ4n) is 3.52. The zero-order chi connectivity index (χ0) is 14.3. The quantitative estimate of drug-likeness (QED) is 0.668. The summed E-state index contributed by atoms with van der Waals surface area (Å²) in [5.41, 5.74) is 0.399. The lowest BCUT2D eigenvalue weighted by molar-refractivity contribution is 0.0724. The molecule has 0 heterocycles. The van der Waals surface area contributed by atoms with E-state index in [0.29, 0.717) is 11.6 Å². The molecule has 114 valence electrons. The van der Waals surface area contributed by atoms with E-state index < -0.39 is 0 Å². The monoisotopic (exact) mass is 268 g/mol. The number of likely N-dealkylation sites (N-methyl/N-ethyl adjacent to an activating group) is 1. The predicted octanol–water partition coefficient (Wildman–Crippen LogP) is 4.06. The molecule has 0 aromatic carbocycles. The van der Waals surface area contributed by atoms with Crippen LogP contribution in [0.2, 0.25) is 0 Å². The summed E-state index contributed by atoms with van der Waals surface area (Å²) in [6.45, 7) is 8.22. The number of rotatable bonds is 8. The molecule has 1 fully saturated rings. The molecule has 0 bridgehead atoms. The molecular weight excluding hydrogens is 232 g/mol. The molecule has 2 heteroatoms. The van der Waals surface area contributed by atoms with Gasteiger partial charge < -0.3 is 10.2 Å². The molecule has 0 spiro atoms. The summed E-state index contributed by atoms with van der Waals surface area (Å²) >= 11 is 0. The SMILES string of the molecule is CCCCCC(C)NCC1(N(C)C)CCCC(C)C1. The Morgan fingerprint density at radius 2 is 2.05 bits per heavy atom. The molecular formula is C17H36N2. The smallest absolute Gasteiger partial charge is 0.0330 e. The number of hydrogen-bond donors (Lipinski definition) is 1. The predicted molar refractivity (Wildman–Crippen MR) is 85.7 cm³/mol. The molecule has 0 aromatic rings. The van der Waals surface area contributed by atoms with Crippen molar-refractivity contribution in [2.24, 2.45) is 5.92 Å². The van der Waals surface area contributed by atoms with Gasteiger partial charge in [-0.15, -0.1) is 0 Å². The summed E-state index contributed by atoms with van der Waals surface area (Å²) < 4.78 is 0. The lowest BCUT2D eigenvalue weighted by Gasteiger charge is -2.46. The first-order valence-electron chi connectivity index (χ1n) is 8.41. The molecule has 19 heavy (non-hydrogen) atoms. The maximum atomic E-state index is 3.81. The van der Waals surface area contributed by atoms with Gasteiger partial charge in [0.2, 0.25) is 0 Å². The zero-order valence-electron chi connectivity index (χ0n) is 14.0. The highest BCUT2D eigenvalue weighted by Crippen LogP contribution is 2.35. The van der Waals surface area contributed by atoms with Crippen molar-refractivity contribution in [3.63, 3.8) is 0 Å². The minimum absolute atomic E-state index is 0.399. The van der Waals surface area contributed by atoms with Crippen LogP contribution < -0.4 is 5.32 Å². The summed E-state index contributed by atoms with van der Waals surface area (Å²) in [4.78, 5) is 2.48. The molecule has 0 aromatic heterocycles. The van der Waals surface area contributed by atoms with Crippen LogP contribution >= 0.6 is 0 Å². The molecule has 3 atom stereocenters. The summed E-state index contributed by atoms with van der Waals surface area (Å²) in [6.07, 6.45) is 10.9. The van der Waals surface area contributed by atoms with Crippen LogP contribution in [0.4, 0.5) is 0 Å². The van der Waals surface area contributed by atoms with Gasteiger partial charge in [-0.25, -0.2) is 0 Å². The molecule has 1 N–H and O–H groups in total. The highest BCUT2D eigenvalue weighted by Gasteiger charge is 2.36. The van der Waals surface area contributed by atoms with Crippen molar-refractivity contribution in [2.75, 3.05) is 20.6 Å². The summed E-state index contributed by atoms with van der Waals surface area (Å²) in [6, 6.07) is 0.667. The normalized spacial score (nSPS) is 29.7. The summed E-state index contributed by atoms with van der Waals surface area (Å²) in [5, 5.41) is 3.81. The zero-order valence-corrected chi connectivity index (χ0v) is 14.0. The summed E-state index contributed by atoms with van der Waals surface area (Å²) in [5.74, 6) is 0.883. The number of unbranched alkanes of at least 4 members (excludes halogenated alkanes) is 2. The van der Waals surface area contributed by atoms with Gasteiger partial charge >= 0.3 is 0 Å². The van der Waals surface area contributed by atoms with E-state index in [1.807, 2.05) is 0 Å². The fraction of sp³-hybridized carbons (Fsp3) is 1.00. The van der Waals surface area contributed by atoms with Crippen molar-refractivity contribution in [3.8, 4) is 0 Å². The minimum Gasteiger partial charge on any atom is -0.312 e. The van der Waals surface area contributed by atoms with Gasteiger partial charge in [0.25, 0.3) is 0 Å². The third-order valence-electron chi connectivity index (χ3n) is 5.04. The van der Waals surface area contributed by atoms with E-state index in [9.17, 15) is 0 Å². The summed E-state index contributed by atoms with van der Waals surface area (Å²) in [7, 11) is 4.53. The van der Waals surface area contributed by atoms with Gasteiger partial charge in [-0.3, -0.25) is 0 Å². The van der Waals surface area contributed by atoms with Crippen LogP contribution in [-0.4, -0.2) is 37.1 Å². The first-order valence-corrected chi connectivity index (χ1v) is 8.41. The van der Waals surface area contributed by atoms with E-state index >= 15 is 0 Å². The van der Waals surface area contributed by atoms with Gasteiger partial charge in [0.05, 0.1) is 0 Å². The highest BCUT2D eigenvalue weighted by atomic mass is 15.2. The highest BCUT2D eigenvalue weighted by molar-refractivity contribution is 4.95. The maximum Gasteiger partial charge on any atom is 0.0330 e. The standard InChI is InChI=1S/C17H36N2/c1-6-7-8-11-16(3)18-14-17(19(4)5)12-9-10-15(2)13-17/h15-16,18H,6-14H2,1-5H3. The van der Waals surface area contributed by atoms with E-state index in [0.717, 1.165) is 12.5 Å². The first-order chi connectivity index (χ1) is 9.00. The second-order valence-electron chi connectivity index (χ2n) is 7.10. The van der Waals surface area contributed by atoms with E-state index in [1.54, 1.807) is 0 Å². The molecule has 0 aliphatic heterocycles. The van der Waals surface area contributed by atoms with Crippen LogP contribution in [0.1, 0.15) is 72.1 Å². The lowest BCUT2D eigenvalue weighted by atomic mass is 9.75. The Morgan fingerprint density at radius 3 is 2.63 bits per heavy atom. The molecule has 0 radical (unpaired) electrons. The largest absolute Gasteiger partial charge is 0.312 e. The second-order valence-corrected chi connectivity index (χ2v) is 7.10. The number of nitrogens with zero attached hydrogens (tertiary/aromatic N) is 1. The van der Waals surface area contributed by atoms with Crippen LogP contribution in [0, 0.1) is 5.92 Å². The van der Waals surface area contributed by atoms with E-state index in [4.69, 9.17) is 0 Å². The second kappa shape index (κ2) is 8.26. The van der Waals surface area contributed by atoms with Gasteiger partial charge in [0.1, 0.15) is 0 Å². The molecule has 0 amide bonds. The Labute approximate surface area is 121 Å². The Bertz CT molecular complexity index is 239. The third kappa shape index (κ3) is 5.43.